The van der Waals surface area contributed by atoms with Crippen LogP contribution in [0.15, 0.2) is 0 Å². The third kappa shape index (κ3) is 4.19. The standard InChI is InChI=1S/C10H17NO3.C3H8/c12-7-9-6-11(10(13)14-9)8-4-2-1-3-5-8;1-3-2/h8-9,12H,1-7H2;3H2,1-2H3. The second-order valence-corrected chi connectivity index (χ2v) is 4.84. The number of rotatable bonds is 2. The van der Waals surface area contributed by atoms with Gasteiger partial charge in [0.05, 0.1) is 13.2 Å². The molecule has 1 atom stereocenters. The Morgan fingerprint density at radius 3 is 2.35 bits per heavy atom. The number of nitrogens with zero attached hydrogens (tertiary/aromatic N) is 1. The van der Waals surface area contributed by atoms with Crippen molar-refractivity contribution in [3.05, 3.63) is 0 Å². The molecule has 1 saturated carbocycles. The molecule has 1 unspecified atom stereocenters. The number of ether oxygens (including phenoxy) is 1. The van der Waals surface area contributed by atoms with Gasteiger partial charge >= 0.3 is 6.09 Å². The zero-order valence-electron chi connectivity index (χ0n) is 11.0. The van der Waals surface area contributed by atoms with Gasteiger partial charge in [0, 0.05) is 6.04 Å². The predicted octanol–water partition coefficient (Wildman–Crippen LogP) is 2.55. The van der Waals surface area contributed by atoms with Crippen LogP contribution in [0.25, 0.3) is 0 Å². The number of carbonyl (C=O) groups excluding carboxylic acids is 1. The Morgan fingerprint density at radius 1 is 1.29 bits per heavy atom. The zero-order chi connectivity index (χ0) is 12.7. The molecular weight excluding hydrogens is 218 g/mol. The Kier molecular flexibility index (Phi) is 6.34. The van der Waals surface area contributed by atoms with Gasteiger partial charge in [-0.3, -0.25) is 0 Å². The maximum absolute atomic E-state index is 11.4. The fraction of sp³-hybridized carbons (Fsp3) is 0.923. The van der Waals surface area contributed by atoms with Gasteiger partial charge in [-0.05, 0) is 12.8 Å². The molecule has 1 aliphatic carbocycles. The lowest BCUT2D eigenvalue weighted by molar-refractivity contribution is 0.0934. The van der Waals surface area contributed by atoms with E-state index in [4.69, 9.17) is 9.84 Å². The van der Waals surface area contributed by atoms with E-state index in [1.807, 2.05) is 0 Å². The van der Waals surface area contributed by atoms with Crippen LogP contribution in [0, 0.1) is 0 Å². The average Bonchev–Trinajstić information content (AvgIpc) is 2.73. The molecule has 1 N–H and O–H groups in total. The number of aliphatic hydroxyl groups excluding tert-OH is 1. The van der Waals surface area contributed by atoms with Crippen molar-refractivity contribution in [3.8, 4) is 0 Å². The lowest BCUT2D eigenvalue weighted by atomic mass is 9.94. The first-order valence-electron chi connectivity index (χ1n) is 6.81. The highest BCUT2D eigenvalue weighted by molar-refractivity contribution is 5.70. The van der Waals surface area contributed by atoms with Crippen molar-refractivity contribution in [3.63, 3.8) is 0 Å². The van der Waals surface area contributed by atoms with Gasteiger partial charge in [0.1, 0.15) is 6.10 Å². The lowest BCUT2D eigenvalue weighted by Crippen LogP contribution is -2.38. The summed E-state index contributed by atoms with van der Waals surface area (Å²) in [6.07, 6.45) is 6.58. The van der Waals surface area contributed by atoms with Crippen LogP contribution in [0.4, 0.5) is 4.79 Å². The highest BCUT2D eigenvalue weighted by atomic mass is 16.6. The van der Waals surface area contributed by atoms with Crippen LogP contribution in [-0.4, -0.2) is 41.4 Å². The molecule has 4 nitrogen and oxygen atoms in total. The van der Waals surface area contributed by atoms with E-state index >= 15 is 0 Å². The van der Waals surface area contributed by atoms with Crippen LogP contribution < -0.4 is 0 Å². The molecule has 2 aliphatic rings. The predicted molar refractivity (Wildman–Crippen MR) is 66.9 cm³/mol. The van der Waals surface area contributed by atoms with Gasteiger partial charge in [0.2, 0.25) is 0 Å². The number of aliphatic hydroxyl groups is 1. The summed E-state index contributed by atoms with van der Waals surface area (Å²) >= 11 is 0. The number of cyclic esters (lactones) is 1. The molecular formula is C13H25NO3. The van der Waals surface area contributed by atoms with Crippen LogP contribution in [0.2, 0.25) is 0 Å². The SMILES string of the molecule is CCC.O=C1OC(CO)CN1C1CCCCC1. The van der Waals surface area contributed by atoms with Gasteiger partial charge in [0.25, 0.3) is 0 Å². The molecule has 1 heterocycles. The second-order valence-electron chi connectivity index (χ2n) is 4.84. The second kappa shape index (κ2) is 7.54. The smallest absolute Gasteiger partial charge is 0.410 e. The van der Waals surface area contributed by atoms with E-state index in [0.29, 0.717) is 12.6 Å². The minimum atomic E-state index is -0.301. The van der Waals surface area contributed by atoms with Crippen molar-refractivity contribution in [2.75, 3.05) is 13.2 Å². The van der Waals surface area contributed by atoms with Gasteiger partial charge in [-0.1, -0.05) is 39.5 Å². The summed E-state index contributed by atoms with van der Waals surface area (Å²) in [5.41, 5.74) is 0. The van der Waals surface area contributed by atoms with E-state index < -0.39 is 0 Å². The minimum absolute atomic E-state index is 0.0606. The Hall–Kier alpha value is -0.770. The molecule has 0 bridgehead atoms. The number of hydrogen-bond donors (Lipinski definition) is 1. The van der Waals surface area contributed by atoms with E-state index in [9.17, 15) is 4.79 Å². The van der Waals surface area contributed by atoms with Crippen LogP contribution in [0.1, 0.15) is 52.4 Å². The van der Waals surface area contributed by atoms with Crippen LogP contribution in [-0.2, 0) is 4.74 Å². The summed E-state index contributed by atoms with van der Waals surface area (Å²) in [7, 11) is 0. The number of carbonyl (C=O) groups is 1. The van der Waals surface area contributed by atoms with E-state index in [2.05, 4.69) is 13.8 Å². The molecule has 2 fully saturated rings. The van der Waals surface area contributed by atoms with Crippen molar-refractivity contribution in [2.45, 2.75) is 64.5 Å². The van der Waals surface area contributed by atoms with Crippen molar-refractivity contribution >= 4 is 6.09 Å². The molecule has 17 heavy (non-hydrogen) atoms. The normalized spacial score (nSPS) is 25.2. The van der Waals surface area contributed by atoms with Gasteiger partial charge < -0.3 is 14.7 Å². The third-order valence-electron chi connectivity index (χ3n) is 3.12. The van der Waals surface area contributed by atoms with Crippen molar-refractivity contribution < 1.29 is 14.6 Å². The van der Waals surface area contributed by atoms with Gasteiger partial charge in [-0.15, -0.1) is 0 Å². The first-order chi connectivity index (χ1) is 8.22. The Labute approximate surface area is 104 Å². The van der Waals surface area contributed by atoms with Gasteiger partial charge in [0.15, 0.2) is 0 Å². The maximum atomic E-state index is 11.4. The molecule has 1 aliphatic heterocycles. The molecule has 0 aromatic carbocycles. The van der Waals surface area contributed by atoms with Gasteiger partial charge in [-0.2, -0.15) is 0 Å². The average molecular weight is 243 g/mol. The summed E-state index contributed by atoms with van der Waals surface area (Å²) < 4.78 is 5.01. The molecule has 0 aromatic rings. The molecule has 0 aromatic heterocycles. The summed E-state index contributed by atoms with van der Waals surface area (Å²) in [6.45, 7) is 4.76. The minimum Gasteiger partial charge on any atom is -0.442 e. The highest BCUT2D eigenvalue weighted by Crippen LogP contribution is 2.26. The number of amides is 1. The summed E-state index contributed by atoms with van der Waals surface area (Å²) in [5.74, 6) is 0. The van der Waals surface area contributed by atoms with E-state index in [1.54, 1.807) is 4.90 Å². The van der Waals surface area contributed by atoms with Crippen LogP contribution >= 0.6 is 0 Å². The highest BCUT2D eigenvalue weighted by Gasteiger charge is 2.35. The first kappa shape index (κ1) is 14.3. The fourth-order valence-corrected chi connectivity index (χ4v) is 2.33. The Morgan fingerprint density at radius 2 is 1.88 bits per heavy atom. The lowest BCUT2D eigenvalue weighted by Gasteiger charge is -2.28. The van der Waals surface area contributed by atoms with Crippen LogP contribution in [0.3, 0.4) is 0 Å². The van der Waals surface area contributed by atoms with Gasteiger partial charge in [-0.25, -0.2) is 4.79 Å². The largest absolute Gasteiger partial charge is 0.442 e. The molecule has 1 amide bonds. The maximum Gasteiger partial charge on any atom is 0.410 e. The van der Waals surface area contributed by atoms with Crippen molar-refractivity contribution in [1.29, 1.82) is 0 Å². The fourth-order valence-electron chi connectivity index (χ4n) is 2.33. The summed E-state index contributed by atoms with van der Waals surface area (Å²) in [4.78, 5) is 13.2. The quantitative estimate of drug-likeness (QED) is 0.811. The Balaban J connectivity index is 0.000000437. The van der Waals surface area contributed by atoms with Crippen molar-refractivity contribution in [2.24, 2.45) is 0 Å². The molecule has 1 saturated heterocycles. The third-order valence-corrected chi connectivity index (χ3v) is 3.12. The van der Waals surface area contributed by atoms with Crippen molar-refractivity contribution in [1.82, 2.24) is 4.90 Å². The summed E-state index contributed by atoms with van der Waals surface area (Å²) in [5, 5.41) is 8.90. The Bertz CT molecular complexity index is 227. The summed E-state index contributed by atoms with van der Waals surface area (Å²) in [6, 6.07) is 0.354. The van der Waals surface area contributed by atoms with E-state index in [1.165, 1.54) is 25.7 Å². The van der Waals surface area contributed by atoms with E-state index in [-0.39, 0.29) is 18.8 Å². The molecule has 2 rings (SSSR count). The molecule has 100 valence electrons. The molecule has 4 heteroatoms. The number of hydrogen-bond acceptors (Lipinski definition) is 3. The van der Waals surface area contributed by atoms with E-state index in [0.717, 1.165) is 12.8 Å². The zero-order valence-corrected chi connectivity index (χ0v) is 11.0. The first-order valence-corrected chi connectivity index (χ1v) is 6.81. The molecule has 0 radical (unpaired) electrons. The monoisotopic (exact) mass is 243 g/mol. The molecule has 0 spiro atoms. The van der Waals surface area contributed by atoms with Crippen LogP contribution in [0.5, 0.6) is 0 Å². The topological polar surface area (TPSA) is 49.8 Å².